The Morgan fingerprint density at radius 1 is 0.960 bits per heavy atom. The second-order valence-electron chi connectivity index (χ2n) is 8.49. The maximum absolute atomic E-state index is 2.52. The lowest BCUT2D eigenvalue weighted by molar-refractivity contribution is 0.448. The summed E-state index contributed by atoms with van der Waals surface area (Å²) in [6.07, 6.45) is 9.84. The van der Waals surface area contributed by atoms with Crippen molar-refractivity contribution in [2.75, 3.05) is 0 Å². The molecule has 25 heavy (non-hydrogen) atoms. The van der Waals surface area contributed by atoms with Gasteiger partial charge in [-0.2, -0.15) is 0 Å². The molecule has 1 aromatic carbocycles. The molecule has 0 nitrogen and oxygen atoms in total. The molecule has 1 aromatic rings. The summed E-state index contributed by atoms with van der Waals surface area (Å²) in [5.41, 5.74) is 10.4. The highest BCUT2D eigenvalue weighted by molar-refractivity contribution is 6.65. The molecule has 128 valence electrons. The van der Waals surface area contributed by atoms with E-state index in [4.69, 9.17) is 0 Å². The quantitative estimate of drug-likeness (QED) is 0.547. The Balaban J connectivity index is 1.89. The molecule has 2 atom stereocenters. The number of fused-ring (bicyclic) bond motifs is 2. The number of benzene rings is 1. The van der Waals surface area contributed by atoms with E-state index in [0.717, 1.165) is 0 Å². The number of hydrogen-bond donors (Lipinski definition) is 0. The molecule has 0 radical (unpaired) electrons. The van der Waals surface area contributed by atoms with Gasteiger partial charge in [0, 0.05) is 11.3 Å². The molecular weight excluding hydrogens is 316 g/mol. The highest BCUT2D eigenvalue weighted by Crippen LogP contribution is 2.58. The second-order valence-corrected chi connectivity index (χ2v) is 11.4. The third-order valence-electron chi connectivity index (χ3n) is 6.17. The van der Waals surface area contributed by atoms with E-state index < -0.39 is 8.80 Å². The molecule has 0 saturated carbocycles. The van der Waals surface area contributed by atoms with Crippen molar-refractivity contribution < 1.29 is 0 Å². The maximum atomic E-state index is 2.52. The fourth-order valence-corrected chi connectivity index (χ4v) is 7.29. The van der Waals surface area contributed by atoms with Crippen LogP contribution in [-0.2, 0) is 0 Å². The summed E-state index contributed by atoms with van der Waals surface area (Å²) in [6, 6.07) is 8.94. The van der Waals surface area contributed by atoms with Crippen molar-refractivity contribution in [3.05, 3.63) is 86.7 Å². The molecule has 0 saturated heterocycles. The lowest BCUT2D eigenvalue weighted by Gasteiger charge is -2.40. The molecule has 0 N–H and O–H groups in total. The van der Waals surface area contributed by atoms with E-state index in [1.165, 1.54) is 27.8 Å². The normalized spacial score (nSPS) is 27.7. The van der Waals surface area contributed by atoms with Crippen LogP contribution in [0.25, 0.3) is 6.08 Å². The minimum Gasteiger partial charge on any atom is -0.0703 e. The first-order valence-corrected chi connectivity index (χ1v) is 12.3. The van der Waals surface area contributed by atoms with Gasteiger partial charge in [-0.3, -0.25) is 0 Å². The van der Waals surface area contributed by atoms with Gasteiger partial charge in [0.2, 0.25) is 0 Å². The number of allylic oxidation sites excluding steroid dienone is 9. The molecule has 4 rings (SSSR count). The molecule has 1 unspecified atom stereocenters. The van der Waals surface area contributed by atoms with Crippen LogP contribution in [0, 0.1) is 5.41 Å². The molecule has 0 heterocycles. The minimum atomic E-state index is -0.859. The van der Waals surface area contributed by atoms with Gasteiger partial charge in [-0.1, -0.05) is 90.5 Å². The van der Waals surface area contributed by atoms with Crippen molar-refractivity contribution in [3.8, 4) is 0 Å². The van der Waals surface area contributed by atoms with Crippen LogP contribution < -0.4 is 0 Å². The molecular formula is C24H28Si. The van der Waals surface area contributed by atoms with Crippen LogP contribution in [0.15, 0.2) is 75.6 Å². The highest BCUT2D eigenvalue weighted by atomic mass is 28.3. The standard InChI is InChI=1S/C24H28Si/c1-15-11-20-21(13-17(3)23(20)25(5)6)24(4,14-15)22-16(2)12-18-9-7-8-10-19(18)22/h7-14,22,25H,1-6H3/t22-,24?/m1/s1. The third-order valence-corrected chi connectivity index (χ3v) is 8.09. The fourth-order valence-electron chi connectivity index (χ4n) is 5.43. The summed E-state index contributed by atoms with van der Waals surface area (Å²) in [5.74, 6) is 0.439. The smallest absolute Gasteiger partial charge is 0.0658 e. The van der Waals surface area contributed by atoms with Gasteiger partial charge >= 0.3 is 0 Å². The van der Waals surface area contributed by atoms with Crippen LogP contribution >= 0.6 is 0 Å². The first-order valence-electron chi connectivity index (χ1n) is 9.45. The summed E-state index contributed by atoms with van der Waals surface area (Å²) in [4.78, 5) is 0. The minimum absolute atomic E-state index is 0.0354. The van der Waals surface area contributed by atoms with E-state index in [-0.39, 0.29) is 5.41 Å². The third kappa shape index (κ3) is 2.32. The Labute approximate surface area is 154 Å². The van der Waals surface area contributed by atoms with E-state index in [2.05, 4.69) is 89.4 Å². The zero-order valence-corrected chi connectivity index (χ0v) is 17.4. The first kappa shape index (κ1) is 16.6. The fraction of sp³-hybridized carbons (Fsp3) is 0.333. The van der Waals surface area contributed by atoms with Gasteiger partial charge in [0.15, 0.2) is 0 Å². The zero-order chi connectivity index (χ0) is 17.9. The van der Waals surface area contributed by atoms with Crippen LogP contribution in [0.4, 0.5) is 0 Å². The van der Waals surface area contributed by atoms with Crippen molar-refractivity contribution in [3.63, 3.8) is 0 Å². The molecule has 1 heteroatoms. The van der Waals surface area contributed by atoms with Gasteiger partial charge in [0.05, 0.1) is 8.80 Å². The Bertz CT molecular complexity index is 917. The first-order chi connectivity index (χ1) is 11.8. The van der Waals surface area contributed by atoms with E-state index in [9.17, 15) is 0 Å². The van der Waals surface area contributed by atoms with E-state index in [1.54, 1.807) is 16.3 Å². The lowest BCUT2D eigenvalue weighted by atomic mass is 9.63. The van der Waals surface area contributed by atoms with Gasteiger partial charge in [0.25, 0.3) is 0 Å². The van der Waals surface area contributed by atoms with Crippen molar-refractivity contribution in [1.29, 1.82) is 0 Å². The van der Waals surface area contributed by atoms with E-state index >= 15 is 0 Å². The van der Waals surface area contributed by atoms with Gasteiger partial charge in [0.1, 0.15) is 0 Å². The molecule has 0 aliphatic heterocycles. The summed E-state index contributed by atoms with van der Waals surface area (Å²) in [7, 11) is -0.859. The predicted molar refractivity (Wildman–Crippen MR) is 112 cm³/mol. The van der Waals surface area contributed by atoms with Crippen LogP contribution in [0.1, 0.15) is 44.7 Å². The predicted octanol–water partition coefficient (Wildman–Crippen LogP) is 6.36. The van der Waals surface area contributed by atoms with Gasteiger partial charge in [-0.15, -0.1) is 0 Å². The Morgan fingerprint density at radius 3 is 2.40 bits per heavy atom. The van der Waals surface area contributed by atoms with Crippen molar-refractivity contribution >= 4 is 14.9 Å². The summed E-state index contributed by atoms with van der Waals surface area (Å²) in [5, 5.41) is 1.67. The molecule has 0 amide bonds. The second kappa shape index (κ2) is 5.57. The largest absolute Gasteiger partial charge is 0.0703 e. The highest BCUT2D eigenvalue weighted by Gasteiger charge is 2.45. The summed E-state index contributed by atoms with van der Waals surface area (Å²) < 4.78 is 0. The topological polar surface area (TPSA) is 0 Å². The molecule has 0 aromatic heterocycles. The number of hydrogen-bond acceptors (Lipinski definition) is 0. The molecule has 0 fully saturated rings. The van der Waals surface area contributed by atoms with E-state index in [1.807, 2.05) is 0 Å². The van der Waals surface area contributed by atoms with Gasteiger partial charge in [-0.25, -0.2) is 0 Å². The van der Waals surface area contributed by atoms with Crippen LogP contribution in [-0.4, -0.2) is 8.80 Å². The SMILES string of the molecule is CC1=CC(C)([C@@H]2C(C)=Cc3ccccc32)C2=CC(C)=C([SiH](C)C)C2=C1. The van der Waals surface area contributed by atoms with Crippen molar-refractivity contribution in [2.45, 2.75) is 46.7 Å². The molecule has 0 spiro atoms. The Morgan fingerprint density at radius 2 is 1.68 bits per heavy atom. The Hall–Kier alpha value is -1.86. The monoisotopic (exact) mass is 344 g/mol. The lowest BCUT2D eigenvalue weighted by Crippen LogP contribution is -2.29. The maximum Gasteiger partial charge on any atom is 0.0658 e. The summed E-state index contributed by atoms with van der Waals surface area (Å²) in [6.45, 7) is 14.3. The molecule has 3 aliphatic carbocycles. The van der Waals surface area contributed by atoms with Crippen molar-refractivity contribution in [1.82, 2.24) is 0 Å². The molecule has 3 aliphatic rings. The average molecular weight is 345 g/mol. The van der Waals surface area contributed by atoms with Crippen LogP contribution in [0.3, 0.4) is 0 Å². The van der Waals surface area contributed by atoms with Gasteiger partial charge < -0.3 is 0 Å². The van der Waals surface area contributed by atoms with Crippen molar-refractivity contribution in [2.24, 2.45) is 5.41 Å². The van der Waals surface area contributed by atoms with Crippen LogP contribution in [0.2, 0.25) is 13.1 Å². The molecule has 0 bridgehead atoms. The average Bonchev–Trinajstić information content (AvgIpc) is 3.03. The Kier molecular flexibility index (Phi) is 3.70. The summed E-state index contributed by atoms with van der Waals surface area (Å²) >= 11 is 0. The van der Waals surface area contributed by atoms with Gasteiger partial charge in [-0.05, 0) is 43.0 Å². The zero-order valence-electron chi connectivity index (χ0n) is 16.3. The van der Waals surface area contributed by atoms with E-state index in [0.29, 0.717) is 5.92 Å². The van der Waals surface area contributed by atoms with Crippen LogP contribution in [0.5, 0.6) is 0 Å². The number of rotatable bonds is 2.